The third kappa shape index (κ3) is 3.35. The van der Waals surface area contributed by atoms with E-state index in [0.29, 0.717) is 0 Å². The molecule has 0 amide bonds. The van der Waals surface area contributed by atoms with Gasteiger partial charge in [-0.3, -0.25) is 4.68 Å². The molecule has 19 heavy (non-hydrogen) atoms. The van der Waals surface area contributed by atoms with E-state index in [0.717, 1.165) is 36.7 Å². The van der Waals surface area contributed by atoms with Crippen LogP contribution in [0.2, 0.25) is 0 Å². The summed E-state index contributed by atoms with van der Waals surface area (Å²) in [5, 5.41) is 7.59. The van der Waals surface area contributed by atoms with Crippen molar-refractivity contribution in [1.29, 1.82) is 0 Å². The van der Waals surface area contributed by atoms with Crippen LogP contribution in [0.1, 0.15) is 37.1 Å². The highest BCUT2D eigenvalue weighted by atomic mass is 15.3. The maximum absolute atomic E-state index is 4.40. The van der Waals surface area contributed by atoms with Gasteiger partial charge in [-0.15, -0.1) is 0 Å². The largest absolute Gasteiger partial charge is 0.307 e. The summed E-state index contributed by atoms with van der Waals surface area (Å²) in [6, 6.07) is 0.0695. The number of nitrogens with one attached hydrogen (secondary N) is 1. The van der Waals surface area contributed by atoms with Crippen molar-refractivity contribution in [2.24, 2.45) is 0 Å². The van der Waals surface area contributed by atoms with Crippen molar-refractivity contribution >= 4 is 0 Å². The molecule has 1 N–H and O–H groups in total. The summed E-state index contributed by atoms with van der Waals surface area (Å²) in [6.45, 7) is 7.80. The van der Waals surface area contributed by atoms with E-state index in [-0.39, 0.29) is 6.04 Å². The average Bonchev–Trinajstić information content (AvgIpc) is 2.86. The van der Waals surface area contributed by atoms with Crippen LogP contribution in [0.15, 0.2) is 18.7 Å². The van der Waals surface area contributed by atoms with E-state index >= 15 is 0 Å². The van der Waals surface area contributed by atoms with E-state index in [1.54, 1.807) is 6.33 Å². The first-order chi connectivity index (χ1) is 9.24. The lowest BCUT2D eigenvalue weighted by atomic mass is 10.1. The van der Waals surface area contributed by atoms with Gasteiger partial charge in [0.05, 0.1) is 6.04 Å². The molecule has 1 atom stereocenters. The van der Waals surface area contributed by atoms with Gasteiger partial charge < -0.3 is 5.32 Å². The van der Waals surface area contributed by atoms with Crippen LogP contribution < -0.4 is 5.32 Å². The summed E-state index contributed by atoms with van der Waals surface area (Å²) < 4.78 is 1.90. The Balaban J connectivity index is 2.18. The maximum Gasteiger partial charge on any atom is 0.145 e. The molecular formula is C13H20N6. The minimum atomic E-state index is 0.0695. The second-order valence-corrected chi connectivity index (χ2v) is 4.43. The Morgan fingerprint density at radius 3 is 2.58 bits per heavy atom. The predicted molar refractivity (Wildman–Crippen MR) is 72.6 cm³/mol. The molecule has 0 aliphatic carbocycles. The van der Waals surface area contributed by atoms with Gasteiger partial charge in [0.25, 0.3) is 0 Å². The van der Waals surface area contributed by atoms with Crippen LogP contribution in [0.4, 0.5) is 0 Å². The van der Waals surface area contributed by atoms with Crippen LogP contribution in [0, 0.1) is 6.92 Å². The monoisotopic (exact) mass is 260 g/mol. The summed E-state index contributed by atoms with van der Waals surface area (Å²) >= 11 is 0. The summed E-state index contributed by atoms with van der Waals surface area (Å²) in [5.41, 5.74) is 1.07. The molecule has 2 rings (SSSR count). The van der Waals surface area contributed by atoms with E-state index in [4.69, 9.17) is 0 Å². The Morgan fingerprint density at radius 1 is 1.21 bits per heavy atom. The highest BCUT2D eigenvalue weighted by Crippen LogP contribution is 2.13. The third-order valence-electron chi connectivity index (χ3n) is 2.95. The van der Waals surface area contributed by atoms with Crippen LogP contribution in [0.5, 0.6) is 0 Å². The molecule has 0 aliphatic heterocycles. The first-order valence-electron chi connectivity index (χ1n) is 6.63. The summed E-state index contributed by atoms with van der Waals surface area (Å²) in [6.07, 6.45) is 6.02. The van der Waals surface area contributed by atoms with Crippen molar-refractivity contribution in [2.75, 3.05) is 6.54 Å². The molecule has 0 radical (unpaired) electrons. The molecule has 0 spiro atoms. The van der Waals surface area contributed by atoms with Crippen molar-refractivity contribution in [3.8, 4) is 0 Å². The van der Waals surface area contributed by atoms with Crippen LogP contribution in [0.25, 0.3) is 0 Å². The van der Waals surface area contributed by atoms with Gasteiger partial charge in [0.2, 0.25) is 0 Å². The quantitative estimate of drug-likeness (QED) is 0.847. The minimum Gasteiger partial charge on any atom is -0.307 e. The second-order valence-electron chi connectivity index (χ2n) is 4.43. The molecule has 102 valence electrons. The lowest BCUT2D eigenvalue weighted by Crippen LogP contribution is -2.26. The first-order valence-corrected chi connectivity index (χ1v) is 6.63. The van der Waals surface area contributed by atoms with Gasteiger partial charge in [-0.2, -0.15) is 5.10 Å². The smallest absolute Gasteiger partial charge is 0.145 e. The molecule has 2 heterocycles. The summed E-state index contributed by atoms with van der Waals surface area (Å²) in [5.74, 6) is 1.76. The van der Waals surface area contributed by atoms with Crippen LogP contribution in [-0.4, -0.2) is 31.3 Å². The van der Waals surface area contributed by atoms with E-state index in [1.165, 1.54) is 0 Å². The Morgan fingerprint density at radius 2 is 1.95 bits per heavy atom. The standard InChI is InChI=1S/C13H20N6/c1-4-14-11(13-15-7-10(3)8-16-13)6-12-17-9-18-19(12)5-2/h7-9,11,14H,4-6H2,1-3H3. The fourth-order valence-corrected chi connectivity index (χ4v) is 1.98. The maximum atomic E-state index is 4.40. The number of likely N-dealkylation sites (N-methyl/N-ethyl adjacent to an activating group) is 1. The molecule has 0 fully saturated rings. The Bertz CT molecular complexity index is 504. The highest BCUT2D eigenvalue weighted by molar-refractivity contribution is 5.06. The topological polar surface area (TPSA) is 68.5 Å². The minimum absolute atomic E-state index is 0.0695. The molecule has 0 aromatic carbocycles. The zero-order valence-corrected chi connectivity index (χ0v) is 11.7. The number of hydrogen-bond acceptors (Lipinski definition) is 5. The number of hydrogen-bond donors (Lipinski definition) is 1. The molecule has 1 unspecified atom stereocenters. The van der Waals surface area contributed by atoms with E-state index in [2.05, 4.69) is 39.2 Å². The van der Waals surface area contributed by atoms with Crippen molar-refractivity contribution in [1.82, 2.24) is 30.0 Å². The summed E-state index contributed by atoms with van der Waals surface area (Å²) in [4.78, 5) is 13.1. The lowest BCUT2D eigenvalue weighted by molar-refractivity contribution is 0.489. The number of rotatable bonds is 6. The van der Waals surface area contributed by atoms with Crippen LogP contribution in [0.3, 0.4) is 0 Å². The van der Waals surface area contributed by atoms with Gasteiger partial charge >= 0.3 is 0 Å². The number of nitrogens with zero attached hydrogens (tertiary/aromatic N) is 5. The molecular weight excluding hydrogens is 240 g/mol. The molecule has 6 nitrogen and oxygen atoms in total. The van der Waals surface area contributed by atoms with Crippen molar-refractivity contribution in [2.45, 2.75) is 39.8 Å². The first kappa shape index (κ1) is 13.6. The summed E-state index contributed by atoms with van der Waals surface area (Å²) in [7, 11) is 0. The van der Waals surface area contributed by atoms with Gasteiger partial charge in [-0.1, -0.05) is 6.92 Å². The van der Waals surface area contributed by atoms with Gasteiger partial charge in [-0.05, 0) is 26.0 Å². The van der Waals surface area contributed by atoms with E-state index in [9.17, 15) is 0 Å². The van der Waals surface area contributed by atoms with Gasteiger partial charge in [0.15, 0.2) is 0 Å². The Hall–Kier alpha value is -1.82. The van der Waals surface area contributed by atoms with Gasteiger partial charge in [0, 0.05) is 25.4 Å². The SMILES string of the molecule is CCNC(Cc1ncnn1CC)c1ncc(C)cn1. The Kier molecular flexibility index (Phi) is 4.57. The van der Waals surface area contributed by atoms with Crippen LogP contribution in [-0.2, 0) is 13.0 Å². The van der Waals surface area contributed by atoms with Crippen molar-refractivity contribution in [3.63, 3.8) is 0 Å². The molecule has 6 heteroatoms. The van der Waals surface area contributed by atoms with Crippen LogP contribution >= 0.6 is 0 Å². The lowest BCUT2D eigenvalue weighted by Gasteiger charge is -2.16. The molecule has 0 bridgehead atoms. The molecule has 0 aliphatic rings. The average molecular weight is 260 g/mol. The highest BCUT2D eigenvalue weighted by Gasteiger charge is 2.17. The second kappa shape index (κ2) is 6.38. The number of aromatic nitrogens is 5. The van der Waals surface area contributed by atoms with Gasteiger partial charge in [0.1, 0.15) is 18.0 Å². The number of aryl methyl sites for hydroxylation is 2. The van der Waals surface area contributed by atoms with Gasteiger partial charge in [-0.25, -0.2) is 15.0 Å². The normalized spacial score (nSPS) is 12.6. The van der Waals surface area contributed by atoms with Crippen molar-refractivity contribution in [3.05, 3.63) is 35.9 Å². The predicted octanol–water partition coefficient (Wildman–Crippen LogP) is 1.29. The van der Waals surface area contributed by atoms with E-state index in [1.807, 2.05) is 24.0 Å². The zero-order chi connectivity index (χ0) is 13.7. The zero-order valence-electron chi connectivity index (χ0n) is 11.7. The Labute approximate surface area is 113 Å². The third-order valence-corrected chi connectivity index (χ3v) is 2.95. The molecule has 2 aromatic heterocycles. The molecule has 0 saturated heterocycles. The fraction of sp³-hybridized carbons (Fsp3) is 0.538. The van der Waals surface area contributed by atoms with E-state index < -0.39 is 0 Å². The van der Waals surface area contributed by atoms with Crippen molar-refractivity contribution < 1.29 is 0 Å². The fourth-order valence-electron chi connectivity index (χ4n) is 1.98. The molecule has 0 saturated carbocycles. The molecule has 2 aromatic rings.